The summed E-state index contributed by atoms with van der Waals surface area (Å²) in [5.74, 6) is -4.61. The van der Waals surface area contributed by atoms with Gasteiger partial charge in [0.2, 0.25) is 23.6 Å². The van der Waals surface area contributed by atoms with Gasteiger partial charge in [0.25, 0.3) is 0 Å². The first-order valence-electron chi connectivity index (χ1n) is 35.4. The normalized spacial score (nSPS) is 48.8. The van der Waals surface area contributed by atoms with Crippen molar-refractivity contribution in [3.8, 4) is 0 Å². The zero-order valence-corrected chi connectivity index (χ0v) is 59.6. The first kappa shape index (κ1) is 90.2. The van der Waals surface area contributed by atoms with Crippen LogP contribution in [0, 0.1) is 5.92 Å². The number of ether oxygens (including phenoxy) is 17. The van der Waals surface area contributed by atoms with E-state index in [4.69, 9.17) is 80.5 Å². The predicted octanol–water partition coefficient (Wildman–Crippen LogP) is -18.1. The smallest absolute Gasteiger partial charge is 0.217 e. The van der Waals surface area contributed by atoms with Gasteiger partial charge in [-0.2, -0.15) is 0 Å². The Labute approximate surface area is 624 Å². The van der Waals surface area contributed by atoms with E-state index in [1.165, 1.54) is 6.92 Å². The molecule has 9 rings (SSSR count). The molecule has 110 heavy (non-hydrogen) atoms. The summed E-state index contributed by atoms with van der Waals surface area (Å²) in [5.41, 5.74) is 0. The number of carbonyl (C=O) groups is 4. The number of rotatable bonds is 29. The molecule has 0 saturated carbocycles. The van der Waals surface area contributed by atoms with Gasteiger partial charge in [-0.15, -0.1) is 0 Å². The number of aliphatic hydroxyl groups is 23. The molecule has 9 fully saturated rings. The number of hydrogen-bond acceptors (Lipinski definition) is 44. The summed E-state index contributed by atoms with van der Waals surface area (Å²) in [6.45, 7) is -4.22. The molecule has 48 heteroatoms. The molecule has 0 aliphatic carbocycles. The maximum absolute atomic E-state index is 13.3. The van der Waals surface area contributed by atoms with E-state index >= 15 is 0 Å². The summed E-state index contributed by atoms with van der Waals surface area (Å²) >= 11 is 0. The van der Waals surface area contributed by atoms with E-state index in [1.54, 1.807) is 0 Å². The zero-order valence-electron chi connectivity index (χ0n) is 59.6. The molecule has 0 aromatic carbocycles. The highest BCUT2D eigenvalue weighted by Gasteiger charge is 2.62. The minimum atomic E-state index is -2.46. The van der Waals surface area contributed by atoms with Gasteiger partial charge >= 0.3 is 0 Å². The van der Waals surface area contributed by atoms with Crippen molar-refractivity contribution in [2.45, 2.75) is 299 Å². The second kappa shape index (κ2) is 39.5. The lowest BCUT2D eigenvalue weighted by Gasteiger charge is -2.52. The lowest BCUT2D eigenvalue weighted by Crippen LogP contribution is -2.71. The van der Waals surface area contributed by atoms with Crippen LogP contribution in [0.3, 0.4) is 0 Å². The highest BCUT2D eigenvalue weighted by Crippen LogP contribution is 2.41. The van der Waals surface area contributed by atoms with Crippen LogP contribution >= 0.6 is 0 Å². The molecule has 9 saturated heterocycles. The Bertz CT molecular complexity index is 2910. The third-order valence-electron chi connectivity index (χ3n) is 20.4. The van der Waals surface area contributed by atoms with Gasteiger partial charge in [-0.25, -0.2) is 0 Å². The molecule has 0 aromatic rings. The molecular formula is C62H104N4O44. The van der Waals surface area contributed by atoms with E-state index < -0.39 is 353 Å². The molecule has 1 unspecified atom stereocenters. The van der Waals surface area contributed by atoms with Crippen LogP contribution in [-0.4, -0.2) is 464 Å². The summed E-state index contributed by atoms with van der Waals surface area (Å²) in [5, 5.41) is 266. The average molecular weight is 1610 g/mol. The predicted molar refractivity (Wildman–Crippen MR) is 341 cm³/mol. The Kier molecular flexibility index (Phi) is 32.4. The van der Waals surface area contributed by atoms with Gasteiger partial charge in [-0.1, -0.05) is 6.92 Å². The van der Waals surface area contributed by atoms with Crippen LogP contribution in [0.2, 0.25) is 0 Å². The molecule has 0 spiro atoms. The fraction of sp³-hybridized carbons (Fsp3) is 0.935. The first-order chi connectivity index (χ1) is 52.1. The van der Waals surface area contributed by atoms with E-state index in [1.807, 2.05) is 0 Å². The Morgan fingerprint density at radius 2 is 0.555 bits per heavy atom. The highest BCUT2D eigenvalue weighted by atomic mass is 16.8. The number of hydrogen-bond donors (Lipinski definition) is 27. The standard InChI is InChI=1S/C62H104N4O44/c1-15-33(79)20(6-67)98-59(34(15)80)107-50-32(66-19(5)78)57(96-24(10-71)38(50)84)105-48-26(12-73)102-56(31(41(48)87)65-18(4)77)109-52-44(90)36(82)22(8-69)100-61(52)108-51-39(85)28(14-94-58-46(92)43(89)35(81)21(7-68)97-58)103-62(53(51)110-60-45(91)37(83)23(9-70)99-60)106-49-27(13-74)101-55(30(42(49)88)64-17(3)76)104-47-25(11-72)95-54(93)29(40(47)86)63-16(2)75/h15,20-62,67-74,79-93H,6-14H2,1-5H3,(H,63,75)(H,64,76)(H,65,77)(H,66,78)/t15-,20+,21+,22+,23+,24+,25+,26+,27+,28+,29+,30+,31+,32+,33+,34+,35+,36+,37-,38-,39+,40+,41+,42+,43-,44-,45+,46-,47+,48+,49+,50+,51-,52-,53-,54?,55-,56-,57-,58-,59-,60-,61+,62-/m0/s1. The number of amides is 4. The number of nitrogens with one attached hydrogen (secondary N) is 4. The lowest BCUT2D eigenvalue weighted by atomic mass is 9.90. The van der Waals surface area contributed by atoms with E-state index in [-0.39, 0.29) is 0 Å². The molecule has 0 radical (unpaired) electrons. The molecule has 9 aliphatic rings. The van der Waals surface area contributed by atoms with Crippen LogP contribution in [0.5, 0.6) is 0 Å². The van der Waals surface area contributed by atoms with Crippen LogP contribution in [0.25, 0.3) is 0 Å². The van der Waals surface area contributed by atoms with Gasteiger partial charge in [0, 0.05) is 33.6 Å². The van der Waals surface area contributed by atoms with Crippen molar-refractivity contribution in [1.29, 1.82) is 0 Å². The first-order valence-corrected chi connectivity index (χ1v) is 35.4. The second-order valence-corrected chi connectivity index (χ2v) is 28.0. The topological polar surface area (TPSA) is 739 Å². The maximum atomic E-state index is 13.3. The Morgan fingerprint density at radius 1 is 0.255 bits per heavy atom. The molecule has 4 amide bonds. The van der Waals surface area contributed by atoms with Crippen LogP contribution in [-0.2, 0) is 99.7 Å². The van der Waals surface area contributed by atoms with Crippen molar-refractivity contribution in [3.05, 3.63) is 0 Å². The summed E-state index contributed by atoms with van der Waals surface area (Å²) in [4.78, 5) is 51.5. The SMILES string of the molecule is CC(=O)N[C@H]1[C@H](O[C@@H]2[C@@H](O[C@H]3[C@H](O)[C@@H](CO[C@H]4O[C@H](CO)[C@@H](O)[C@H](O)[C@@H]4O)O[C@@H](O[C@H]4[C@H](O)[C@@H](NC(C)=O)[C@H](O[C@H]5[C@H](O)[C@@H](NC(C)=O)C(O)O[C@@H]5CO)O[C@@H]4CO)[C@H]3O[C@@H]3O[C@H](CO)[C@H](O)[C@H]3O)O[C@H](CO)[C@@H](O)[C@@H]2O)O[C@H](CO)[C@@H](O[C@@H]2O[C@H](CO)[C@H](O)[C@H](O[C@@H]3O[C@H](CO)[C@H](O)[C@H](C)[C@H]3O)[C@H]2NC(C)=O)[C@@H]1O. The zero-order chi connectivity index (χ0) is 80.9. The Hall–Kier alpha value is -3.72. The summed E-state index contributed by atoms with van der Waals surface area (Å²) in [6.07, 6.45) is -79.1. The van der Waals surface area contributed by atoms with Crippen molar-refractivity contribution in [3.63, 3.8) is 0 Å². The van der Waals surface area contributed by atoms with Crippen LogP contribution in [0.4, 0.5) is 0 Å². The van der Waals surface area contributed by atoms with Gasteiger partial charge in [-0.3, -0.25) is 19.2 Å². The minimum Gasteiger partial charge on any atom is -0.394 e. The quantitative estimate of drug-likeness (QED) is 0.0331. The number of carbonyl (C=O) groups excluding carboxylic acids is 4. The molecule has 0 bridgehead atoms. The monoisotopic (exact) mass is 1610 g/mol. The van der Waals surface area contributed by atoms with Gasteiger partial charge in [0.15, 0.2) is 56.6 Å². The lowest BCUT2D eigenvalue weighted by molar-refractivity contribution is -0.406. The fourth-order valence-electron chi connectivity index (χ4n) is 14.4. The molecule has 27 N–H and O–H groups in total. The van der Waals surface area contributed by atoms with Crippen molar-refractivity contribution in [2.24, 2.45) is 5.92 Å². The van der Waals surface area contributed by atoms with Gasteiger partial charge in [0.05, 0.1) is 65.6 Å². The minimum absolute atomic E-state index is 0.784. The Morgan fingerprint density at radius 3 is 1.05 bits per heavy atom. The highest BCUT2D eigenvalue weighted by molar-refractivity contribution is 5.74. The maximum Gasteiger partial charge on any atom is 0.217 e. The van der Waals surface area contributed by atoms with Gasteiger partial charge < -0.3 is 219 Å². The third kappa shape index (κ3) is 19.8. The van der Waals surface area contributed by atoms with Crippen molar-refractivity contribution >= 4 is 23.6 Å². The summed E-state index contributed by atoms with van der Waals surface area (Å²) in [7, 11) is 0. The van der Waals surface area contributed by atoms with Gasteiger partial charge in [-0.05, 0) is 0 Å². The summed E-state index contributed by atoms with van der Waals surface area (Å²) < 4.78 is 102. The molecule has 636 valence electrons. The largest absolute Gasteiger partial charge is 0.394 e. The average Bonchev–Trinajstić information content (AvgIpc) is 0.901. The molecule has 9 heterocycles. The van der Waals surface area contributed by atoms with Gasteiger partial charge in [0.1, 0.15) is 201 Å². The van der Waals surface area contributed by atoms with E-state index in [9.17, 15) is 137 Å². The van der Waals surface area contributed by atoms with E-state index in [0.29, 0.717) is 0 Å². The molecule has 0 aromatic heterocycles. The van der Waals surface area contributed by atoms with E-state index in [0.717, 1.165) is 27.7 Å². The van der Waals surface area contributed by atoms with Crippen LogP contribution < -0.4 is 21.3 Å². The molecular weight excluding hydrogens is 1500 g/mol. The molecule has 48 nitrogen and oxygen atoms in total. The fourth-order valence-corrected chi connectivity index (χ4v) is 14.4. The Balaban J connectivity index is 1.08. The van der Waals surface area contributed by atoms with Crippen molar-refractivity contribution in [2.75, 3.05) is 59.5 Å². The molecule has 9 aliphatic heterocycles. The van der Waals surface area contributed by atoms with Crippen LogP contribution in [0.15, 0.2) is 0 Å². The molecule has 44 atom stereocenters. The third-order valence-corrected chi connectivity index (χ3v) is 20.4. The van der Waals surface area contributed by atoms with Crippen molar-refractivity contribution < 1.29 is 217 Å². The van der Waals surface area contributed by atoms with Crippen LogP contribution in [0.1, 0.15) is 34.6 Å². The number of aliphatic hydroxyl groups excluding tert-OH is 23. The van der Waals surface area contributed by atoms with E-state index in [2.05, 4.69) is 21.3 Å². The second-order valence-electron chi connectivity index (χ2n) is 28.0. The van der Waals surface area contributed by atoms with Crippen molar-refractivity contribution in [1.82, 2.24) is 21.3 Å². The summed E-state index contributed by atoms with van der Waals surface area (Å²) in [6, 6.07) is -7.36.